The SMILES string of the molecule is CCCc1nc2c(N)nc3cc(-c4ccccc4)ccc3c2n1CCCC(C)=O. The predicted octanol–water partition coefficient (Wildman–Crippen LogP) is 5.16. The Bertz CT molecular complexity index is 1180. The number of anilines is 1. The minimum absolute atomic E-state index is 0.213. The third-order valence-electron chi connectivity index (χ3n) is 5.27. The smallest absolute Gasteiger partial charge is 0.152 e. The van der Waals surface area contributed by atoms with Gasteiger partial charge in [0.2, 0.25) is 0 Å². The van der Waals surface area contributed by atoms with E-state index < -0.39 is 0 Å². The number of carbonyl (C=O) groups is 1. The van der Waals surface area contributed by atoms with Crippen molar-refractivity contribution in [3.05, 3.63) is 54.4 Å². The van der Waals surface area contributed by atoms with Gasteiger partial charge in [-0.05, 0) is 37.0 Å². The lowest BCUT2D eigenvalue weighted by Gasteiger charge is -2.11. The molecule has 0 aliphatic rings. The molecule has 5 nitrogen and oxygen atoms in total. The Labute approximate surface area is 170 Å². The molecule has 0 amide bonds. The highest BCUT2D eigenvalue weighted by atomic mass is 16.1. The Balaban J connectivity index is 1.89. The number of pyridine rings is 1. The number of fused-ring (bicyclic) bond motifs is 3. The molecule has 0 unspecified atom stereocenters. The fourth-order valence-corrected chi connectivity index (χ4v) is 3.91. The average Bonchev–Trinajstić information content (AvgIpc) is 3.07. The topological polar surface area (TPSA) is 73.8 Å². The number of nitrogen functional groups attached to an aromatic ring is 1. The van der Waals surface area contributed by atoms with E-state index >= 15 is 0 Å². The largest absolute Gasteiger partial charge is 0.382 e. The molecule has 2 aromatic heterocycles. The summed E-state index contributed by atoms with van der Waals surface area (Å²) < 4.78 is 2.24. The molecule has 0 saturated heterocycles. The standard InChI is InChI=1S/C24H26N4O/c1-3-8-21-27-22-23(28(21)14-7-9-16(2)29)19-13-12-18(15-20(19)26-24(22)25)17-10-5-4-6-11-17/h4-6,10-13,15H,3,7-9,14H2,1-2H3,(H2,25,26). The molecule has 0 aliphatic carbocycles. The highest BCUT2D eigenvalue weighted by Crippen LogP contribution is 2.32. The summed E-state index contributed by atoms with van der Waals surface area (Å²) in [6.07, 6.45) is 3.24. The summed E-state index contributed by atoms with van der Waals surface area (Å²) in [5, 5.41) is 1.05. The first-order chi connectivity index (χ1) is 14.1. The van der Waals surface area contributed by atoms with Gasteiger partial charge in [-0.25, -0.2) is 9.97 Å². The van der Waals surface area contributed by atoms with Crippen LogP contribution in [0.2, 0.25) is 0 Å². The third-order valence-corrected chi connectivity index (χ3v) is 5.27. The second kappa shape index (κ2) is 8.03. The molecule has 0 spiro atoms. The zero-order chi connectivity index (χ0) is 20.4. The molecule has 29 heavy (non-hydrogen) atoms. The number of aryl methyl sites for hydroxylation is 2. The minimum atomic E-state index is 0.213. The van der Waals surface area contributed by atoms with Crippen LogP contribution in [0, 0.1) is 0 Å². The van der Waals surface area contributed by atoms with Crippen LogP contribution in [0.4, 0.5) is 5.82 Å². The summed E-state index contributed by atoms with van der Waals surface area (Å²) in [6.45, 7) is 4.54. The van der Waals surface area contributed by atoms with Gasteiger partial charge in [-0.15, -0.1) is 0 Å². The van der Waals surface area contributed by atoms with Crippen molar-refractivity contribution in [1.29, 1.82) is 0 Å². The van der Waals surface area contributed by atoms with Gasteiger partial charge in [0.15, 0.2) is 5.82 Å². The summed E-state index contributed by atoms with van der Waals surface area (Å²) in [6, 6.07) is 16.6. The highest BCUT2D eigenvalue weighted by Gasteiger charge is 2.17. The number of carbonyl (C=O) groups excluding carboxylic acids is 1. The van der Waals surface area contributed by atoms with Crippen molar-refractivity contribution in [3.8, 4) is 11.1 Å². The fraction of sp³-hybridized carbons (Fsp3) is 0.292. The highest BCUT2D eigenvalue weighted by molar-refractivity contribution is 6.07. The first-order valence-electron chi connectivity index (χ1n) is 10.2. The van der Waals surface area contributed by atoms with Crippen molar-refractivity contribution >= 4 is 33.5 Å². The van der Waals surface area contributed by atoms with Crippen LogP contribution in [0.15, 0.2) is 48.5 Å². The van der Waals surface area contributed by atoms with E-state index in [0.717, 1.165) is 64.7 Å². The van der Waals surface area contributed by atoms with Gasteiger partial charge in [0.25, 0.3) is 0 Å². The molecule has 0 fully saturated rings. The van der Waals surface area contributed by atoms with E-state index in [1.54, 1.807) is 6.92 Å². The number of hydrogen-bond acceptors (Lipinski definition) is 4. The summed E-state index contributed by atoms with van der Waals surface area (Å²) in [4.78, 5) is 20.9. The summed E-state index contributed by atoms with van der Waals surface area (Å²) >= 11 is 0. The Morgan fingerprint density at radius 1 is 1.07 bits per heavy atom. The first-order valence-corrected chi connectivity index (χ1v) is 10.2. The molecule has 0 bridgehead atoms. The van der Waals surface area contributed by atoms with Crippen molar-refractivity contribution in [2.45, 2.75) is 46.1 Å². The number of imidazole rings is 1. The van der Waals surface area contributed by atoms with E-state index in [-0.39, 0.29) is 5.78 Å². The minimum Gasteiger partial charge on any atom is -0.382 e. The van der Waals surface area contributed by atoms with Crippen molar-refractivity contribution in [2.75, 3.05) is 5.73 Å². The maximum absolute atomic E-state index is 11.4. The molecule has 0 saturated carbocycles. The lowest BCUT2D eigenvalue weighted by Crippen LogP contribution is -2.06. The second-order valence-corrected chi connectivity index (χ2v) is 7.53. The zero-order valence-electron chi connectivity index (χ0n) is 17.0. The number of nitrogens with two attached hydrogens (primary N) is 1. The summed E-state index contributed by atoms with van der Waals surface area (Å²) in [5.41, 5.74) is 11.2. The maximum atomic E-state index is 11.4. The lowest BCUT2D eigenvalue weighted by molar-refractivity contribution is -0.117. The number of nitrogens with zero attached hydrogens (tertiary/aromatic N) is 3. The molecule has 2 N–H and O–H groups in total. The van der Waals surface area contributed by atoms with Gasteiger partial charge in [0, 0.05) is 24.8 Å². The Morgan fingerprint density at radius 3 is 2.59 bits per heavy atom. The molecular formula is C24H26N4O. The molecular weight excluding hydrogens is 360 g/mol. The van der Waals surface area contributed by atoms with Crippen molar-refractivity contribution in [2.24, 2.45) is 0 Å². The van der Waals surface area contributed by atoms with Gasteiger partial charge >= 0.3 is 0 Å². The first kappa shape index (κ1) is 19.1. The number of rotatable bonds is 7. The molecule has 4 rings (SSSR count). The Morgan fingerprint density at radius 2 is 1.86 bits per heavy atom. The molecule has 2 heterocycles. The van der Waals surface area contributed by atoms with E-state index in [2.05, 4.69) is 46.8 Å². The summed E-state index contributed by atoms with van der Waals surface area (Å²) in [7, 11) is 0. The van der Waals surface area contributed by atoms with E-state index in [4.69, 9.17) is 10.7 Å². The molecule has 4 aromatic rings. The molecule has 2 aromatic carbocycles. The van der Waals surface area contributed by atoms with Gasteiger partial charge in [0.05, 0.1) is 11.0 Å². The quantitative estimate of drug-likeness (QED) is 0.476. The molecule has 0 radical (unpaired) electrons. The van der Waals surface area contributed by atoms with E-state index in [9.17, 15) is 4.79 Å². The number of benzene rings is 2. The monoisotopic (exact) mass is 386 g/mol. The normalized spacial score (nSPS) is 11.4. The molecule has 0 aliphatic heterocycles. The van der Waals surface area contributed by atoms with Gasteiger partial charge in [-0.3, -0.25) is 0 Å². The fourth-order valence-electron chi connectivity index (χ4n) is 3.91. The number of ketones is 1. The van der Waals surface area contributed by atoms with Crippen LogP contribution in [-0.4, -0.2) is 20.3 Å². The van der Waals surface area contributed by atoms with Crippen LogP contribution in [0.1, 0.15) is 38.9 Å². The lowest BCUT2D eigenvalue weighted by atomic mass is 10.0. The zero-order valence-corrected chi connectivity index (χ0v) is 17.0. The van der Waals surface area contributed by atoms with E-state index in [0.29, 0.717) is 12.2 Å². The van der Waals surface area contributed by atoms with Gasteiger partial charge < -0.3 is 15.1 Å². The second-order valence-electron chi connectivity index (χ2n) is 7.53. The van der Waals surface area contributed by atoms with Crippen LogP contribution in [0.3, 0.4) is 0 Å². The van der Waals surface area contributed by atoms with Crippen molar-refractivity contribution < 1.29 is 4.79 Å². The number of hydrogen-bond donors (Lipinski definition) is 1. The Kier molecular flexibility index (Phi) is 5.30. The predicted molar refractivity (Wildman–Crippen MR) is 119 cm³/mol. The van der Waals surface area contributed by atoms with Crippen molar-refractivity contribution in [3.63, 3.8) is 0 Å². The average molecular weight is 386 g/mol. The van der Waals surface area contributed by atoms with E-state index in [1.807, 2.05) is 18.2 Å². The molecule has 0 atom stereocenters. The van der Waals surface area contributed by atoms with Crippen LogP contribution in [0.5, 0.6) is 0 Å². The van der Waals surface area contributed by atoms with Crippen LogP contribution in [0.25, 0.3) is 33.1 Å². The molecule has 5 heteroatoms. The van der Waals surface area contributed by atoms with E-state index in [1.165, 1.54) is 0 Å². The van der Waals surface area contributed by atoms with Gasteiger partial charge in [0.1, 0.15) is 17.1 Å². The van der Waals surface area contributed by atoms with Gasteiger partial charge in [-0.1, -0.05) is 49.4 Å². The van der Waals surface area contributed by atoms with Crippen LogP contribution >= 0.6 is 0 Å². The maximum Gasteiger partial charge on any atom is 0.152 e. The molecule has 148 valence electrons. The number of Topliss-reactive ketones (excluding diaryl/α,β-unsaturated/α-hetero) is 1. The summed E-state index contributed by atoms with van der Waals surface area (Å²) in [5.74, 6) is 1.68. The van der Waals surface area contributed by atoms with Crippen LogP contribution in [-0.2, 0) is 17.8 Å². The van der Waals surface area contributed by atoms with Crippen molar-refractivity contribution in [1.82, 2.24) is 14.5 Å². The van der Waals surface area contributed by atoms with Gasteiger partial charge in [-0.2, -0.15) is 0 Å². The third kappa shape index (κ3) is 3.73. The van der Waals surface area contributed by atoms with Crippen LogP contribution < -0.4 is 5.73 Å². The Hall–Kier alpha value is -3.21. The number of aromatic nitrogens is 3.